The standard InChI is InChI=1S/C26H37NO5S2/c1-5-7-13-26(3)18-27(21-11-9-8-10-12-21)22-15-23(31-4)20(14-24(22)34(29,30)19-26)16-33-17-25(28)32-6-2/h8-12,14-15,29-30H,5-7,13,16-19H2,1-4H3. The quantitative estimate of drug-likeness (QED) is 0.337. The van der Waals surface area contributed by atoms with Crippen LogP contribution in [0.15, 0.2) is 47.4 Å². The van der Waals surface area contributed by atoms with Gasteiger partial charge in [-0.2, -0.15) is 10.6 Å². The van der Waals surface area contributed by atoms with Gasteiger partial charge in [0.1, 0.15) is 5.75 Å². The van der Waals surface area contributed by atoms with Crippen molar-refractivity contribution in [1.29, 1.82) is 0 Å². The Labute approximate surface area is 209 Å². The Morgan fingerprint density at radius 1 is 1.21 bits per heavy atom. The number of para-hydroxylation sites is 1. The molecule has 0 saturated heterocycles. The number of benzene rings is 2. The van der Waals surface area contributed by atoms with Crippen LogP contribution in [0.25, 0.3) is 0 Å². The molecule has 0 saturated carbocycles. The lowest BCUT2D eigenvalue weighted by molar-refractivity contribution is -0.139. The third kappa shape index (κ3) is 6.42. The average Bonchev–Trinajstić information content (AvgIpc) is 2.89. The fourth-order valence-electron chi connectivity index (χ4n) is 4.48. The highest BCUT2D eigenvalue weighted by Crippen LogP contribution is 2.60. The van der Waals surface area contributed by atoms with E-state index in [2.05, 4.69) is 30.9 Å². The number of methoxy groups -OCH3 is 1. The van der Waals surface area contributed by atoms with E-state index in [1.807, 2.05) is 30.3 Å². The molecule has 0 radical (unpaired) electrons. The van der Waals surface area contributed by atoms with Crippen LogP contribution in [-0.2, 0) is 15.3 Å². The van der Waals surface area contributed by atoms with E-state index in [1.54, 1.807) is 14.0 Å². The zero-order valence-corrected chi connectivity index (χ0v) is 22.2. The number of carbonyl (C=O) groups is 1. The number of ether oxygens (including phenoxy) is 2. The fraction of sp³-hybridized carbons (Fsp3) is 0.500. The molecule has 0 aromatic heterocycles. The number of hydrogen-bond donors (Lipinski definition) is 2. The molecule has 1 aliphatic heterocycles. The summed E-state index contributed by atoms with van der Waals surface area (Å²) in [4.78, 5) is 14.5. The average molecular weight is 508 g/mol. The van der Waals surface area contributed by atoms with E-state index < -0.39 is 10.6 Å². The van der Waals surface area contributed by atoms with Crippen LogP contribution < -0.4 is 9.64 Å². The Hall–Kier alpha value is -1.87. The van der Waals surface area contributed by atoms with Crippen molar-refractivity contribution >= 4 is 39.7 Å². The Balaban J connectivity index is 2.05. The molecule has 8 heteroatoms. The van der Waals surface area contributed by atoms with Gasteiger partial charge in [-0.15, -0.1) is 11.8 Å². The molecule has 188 valence electrons. The molecule has 1 heterocycles. The summed E-state index contributed by atoms with van der Waals surface area (Å²) < 4.78 is 33.7. The maximum absolute atomic E-state index is 11.8. The Morgan fingerprint density at radius 3 is 2.59 bits per heavy atom. The number of hydrogen-bond acceptors (Lipinski definition) is 7. The molecule has 0 aliphatic carbocycles. The third-order valence-corrected chi connectivity index (χ3v) is 9.16. The van der Waals surface area contributed by atoms with E-state index in [9.17, 15) is 13.9 Å². The van der Waals surface area contributed by atoms with Gasteiger partial charge in [0.25, 0.3) is 0 Å². The van der Waals surface area contributed by atoms with E-state index in [4.69, 9.17) is 9.47 Å². The molecule has 0 bridgehead atoms. The lowest BCUT2D eigenvalue weighted by Gasteiger charge is -2.39. The van der Waals surface area contributed by atoms with Gasteiger partial charge in [0.15, 0.2) is 0 Å². The highest BCUT2D eigenvalue weighted by atomic mass is 32.3. The monoisotopic (exact) mass is 507 g/mol. The SMILES string of the molecule is CCCCC1(C)CN(c2ccccc2)c2cc(OC)c(CSCC(=O)OCC)cc2S(O)(O)C1. The number of thioether (sulfide) groups is 1. The lowest BCUT2D eigenvalue weighted by atomic mass is 9.86. The van der Waals surface area contributed by atoms with Gasteiger partial charge in [-0.1, -0.05) is 44.9 Å². The summed E-state index contributed by atoms with van der Waals surface area (Å²) in [6.07, 6.45) is 3.00. The van der Waals surface area contributed by atoms with E-state index >= 15 is 0 Å². The van der Waals surface area contributed by atoms with Crippen molar-refractivity contribution in [1.82, 2.24) is 0 Å². The zero-order valence-electron chi connectivity index (χ0n) is 20.6. The number of carbonyl (C=O) groups excluding carboxylic acids is 1. The second-order valence-electron chi connectivity index (χ2n) is 9.08. The molecule has 1 atom stereocenters. The number of rotatable bonds is 10. The first kappa shape index (κ1) is 26.7. The van der Waals surface area contributed by atoms with Crippen molar-refractivity contribution in [2.45, 2.75) is 50.7 Å². The number of nitrogens with zero attached hydrogens (tertiary/aromatic N) is 1. The number of unbranched alkanes of at least 4 members (excludes halogenated alkanes) is 1. The molecule has 34 heavy (non-hydrogen) atoms. The van der Waals surface area contributed by atoms with Gasteiger partial charge in [-0.05, 0) is 31.5 Å². The Bertz CT molecular complexity index is 969. The van der Waals surface area contributed by atoms with Gasteiger partial charge in [0.05, 0.1) is 30.1 Å². The van der Waals surface area contributed by atoms with Crippen LogP contribution in [0.5, 0.6) is 5.75 Å². The van der Waals surface area contributed by atoms with Crippen molar-refractivity contribution < 1.29 is 23.4 Å². The molecule has 2 aromatic rings. The Kier molecular flexibility index (Phi) is 9.20. The van der Waals surface area contributed by atoms with E-state index in [1.165, 1.54) is 11.8 Å². The summed E-state index contributed by atoms with van der Waals surface area (Å²) in [5.74, 6) is 1.47. The maximum Gasteiger partial charge on any atom is 0.315 e. The van der Waals surface area contributed by atoms with Crippen LogP contribution in [0, 0.1) is 5.41 Å². The summed E-state index contributed by atoms with van der Waals surface area (Å²) in [6, 6.07) is 13.9. The molecular weight excluding hydrogens is 470 g/mol. The van der Waals surface area contributed by atoms with Crippen LogP contribution in [-0.4, -0.2) is 46.8 Å². The van der Waals surface area contributed by atoms with Crippen LogP contribution in [0.2, 0.25) is 0 Å². The van der Waals surface area contributed by atoms with Crippen molar-refractivity contribution in [2.24, 2.45) is 5.41 Å². The van der Waals surface area contributed by atoms with E-state index in [-0.39, 0.29) is 17.1 Å². The van der Waals surface area contributed by atoms with Crippen LogP contribution in [0.1, 0.15) is 45.6 Å². The van der Waals surface area contributed by atoms with E-state index in [0.29, 0.717) is 35.3 Å². The fourth-order valence-corrected chi connectivity index (χ4v) is 7.48. The van der Waals surface area contributed by atoms with Gasteiger partial charge >= 0.3 is 5.97 Å². The topological polar surface area (TPSA) is 79.2 Å². The molecule has 2 aromatic carbocycles. The summed E-state index contributed by atoms with van der Waals surface area (Å²) in [5.41, 5.74) is 2.34. The lowest BCUT2D eigenvalue weighted by Crippen LogP contribution is -2.35. The second kappa shape index (κ2) is 11.7. The first-order valence-corrected chi connectivity index (χ1v) is 14.6. The zero-order chi connectivity index (χ0) is 24.8. The smallest absolute Gasteiger partial charge is 0.315 e. The first-order valence-electron chi connectivity index (χ1n) is 11.8. The molecular formula is C26H37NO5S2. The summed E-state index contributed by atoms with van der Waals surface area (Å²) in [5, 5.41) is 0. The van der Waals surface area contributed by atoms with Crippen LogP contribution >= 0.6 is 22.4 Å². The first-order chi connectivity index (χ1) is 16.2. The second-order valence-corrected chi connectivity index (χ2v) is 12.1. The summed E-state index contributed by atoms with van der Waals surface area (Å²) in [6.45, 7) is 7.14. The van der Waals surface area contributed by atoms with Gasteiger partial charge in [-0.25, -0.2) is 0 Å². The van der Waals surface area contributed by atoms with Crippen molar-refractivity contribution in [3.05, 3.63) is 48.0 Å². The van der Waals surface area contributed by atoms with Crippen molar-refractivity contribution in [3.63, 3.8) is 0 Å². The van der Waals surface area contributed by atoms with Crippen molar-refractivity contribution in [2.75, 3.05) is 36.7 Å². The number of esters is 1. The predicted octanol–water partition coefficient (Wildman–Crippen LogP) is 6.95. The minimum Gasteiger partial charge on any atom is -0.496 e. The van der Waals surface area contributed by atoms with Gasteiger partial charge < -0.3 is 14.4 Å². The van der Waals surface area contributed by atoms with Crippen molar-refractivity contribution in [3.8, 4) is 5.75 Å². The molecule has 0 amide bonds. The Morgan fingerprint density at radius 2 is 1.94 bits per heavy atom. The molecule has 0 fully saturated rings. The molecule has 6 nitrogen and oxygen atoms in total. The minimum atomic E-state index is -3.05. The number of fused-ring (bicyclic) bond motifs is 1. The highest BCUT2D eigenvalue weighted by molar-refractivity contribution is 8.24. The molecule has 0 spiro atoms. The minimum absolute atomic E-state index is 0.232. The number of anilines is 2. The molecule has 2 N–H and O–H groups in total. The van der Waals surface area contributed by atoms with Crippen LogP contribution in [0.3, 0.4) is 0 Å². The summed E-state index contributed by atoms with van der Waals surface area (Å²) in [7, 11) is -1.43. The molecule has 1 unspecified atom stereocenters. The summed E-state index contributed by atoms with van der Waals surface area (Å²) >= 11 is 1.43. The molecule has 3 rings (SSSR count). The maximum atomic E-state index is 11.8. The molecule has 1 aliphatic rings. The largest absolute Gasteiger partial charge is 0.496 e. The predicted molar refractivity (Wildman–Crippen MR) is 143 cm³/mol. The van der Waals surface area contributed by atoms with Gasteiger partial charge in [0, 0.05) is 40.8 Å². The van der Waals surface area contributed by atoms with Gasteiger partial charge in [0.2, 0.25) is 0 Å². The van der Waals surface area contributed by atoms with Crippen LogP contribution in [0.4, 0.5) is 11.4 Å². The third-order valence-electron chi connectivity index (χ3n) is 6.08. The normalized spacial score (nSPS) is 20.2. The van der Waals surface area contributed by atoms with Gasteiger partial charge in [-0.3, -0.25) is 13.9 Å². The highest BCUT2D eigenvalue weighted by Gasteiger charge is 2.40. The van der Waals surface area contributed by atoms with E-state index in [0.717, 1.165) is 36.2 Å².